The number of carbonyl (C=O) groups is 4. The lowest BCUT2D eigenvalue weighted by Crippen LogP contribution is -2.16. The molecular weight excluding hydrogens is 1020 g/mol. The topological polar surface area (TPSA) is 206 Å². The average molecular weight is 1150 g/mol. The molecule has 18 heteroatoms. The first-order valence-corrected chi connectivity index (χ1v) is 26.4. The summed E-state index contributed by atoms with van der Waals surface area (Å²) in [5, 5.41) is 20.9. The third-order valence-electron chi connectivity index (χ3n) is 6.48. The van der Waals surface area contributed by atoms with Gasteiger partial charge in [0, 0.05) is 70.3 Å². The maximum absolute atomic E-state index is 10.4. The Morgan fingerprint density at radius 3 is 0.932 bits per heavy atom. The monoisotopic (exact) mass is 1150 g/mol. The molecule has 73 heavy (non-hydrogen) atoms. The van der Waals surface area contributed by atoms with Gasteiger partial charge in [-0.25, -0.2) is 0 Å². The van der Waals surface area contributed by atoms with Crippen LogP contribution >= 0.6 is 59.7 Å². The lowest BCUT2D eigenvalue weighted by Gasteiger charge is -1.95. The minimum Gasteiger partial charge on any atom is -0.490 e. The predicted molar refractivity (Wildman–Crippen MR) is 359 cm³/mol. The molecule has 0 heterocycles. The van der Waals surface area contributed by atoms with Crippen molar-refractivity contribution in [1.29, 1.82) is 10.8 Å². The number of esters is 1. The van der Waals surface area contributed by atoms with Gasteiger partial charge in [0.2, 0.25) is 11.8 Å². The van der Waals surface area contributed by atoms with Crippen LogP contribution in [0.3, 0.4) is 0 Å². The summed E-state index contributed by atoms with van der Waals surface area (Å²) in [6.45, 7) is 18.3. The van der Waals surface area contributed by atoms with Crippen molar-refractivity contribution in [3.63, 3.8) is 0 Å². The molecule has 458 valence electrons. The summed E-state index contributed by atoms with van der Waals surface area (Å²) in [7, 11) is 9.55. The molecule has 6 N–H and O–H groups in total. The molecule has 0 aromatic carbocycles. The molecule has 0 fully saturated rings. The van der Waals surface area contributed by atoms with Gasteiger partial charge in [0.25, 0.3) is 0 Å². The van der Waals surface area contributed by atoms with Gasteiger partial charge in [-0.15, -0.1) is 23.5 Å². The van der Waals surface area contributed by atoms with Gasteiger partial charge in [-0.1, -0.05) is 173 Å². The van der Waals surface area contributed by atoms with Crippen LogP contribution in [0.25, 0.3) is 0 Å². The number of amidine groups is 1. The van der Waals surface area contributed by atoms with Crippen molar-refractivity contribution in [1.82, 2.24) is 10.6 Å². The van der Waals surface area contributed by atoms with E-state index in [9.17, 15) is 19.2 Å². The molecule has 0 atom stereocenters. The van der Waals surface area contributed by atoms with Crippen LogP contribution < -0.4 is 16.4 Å². The highest BCUT2D eigenvalue weighted by atomic mass is 32.2. The maximum atomic E-state index is 10.4. The molecule has 2 amide bonds. The predicted octanol–water partition coefficient (Wildman–Crippen LogP) is 18.6. The molecule has 0 saturated heterocycles. The SMILES string of the molecule is C.C.C.C.C.C.C.C.C.C.CCCC(=N)OC.CCCC(=N)SC.CCCC(=O)NC.CCCC(=O)NC.CCCC(=O)OC.CCCC(=O)SC.CCCC(=S)OC.CCCC(=S)SC.CCCC(N)=NC. The fourth-order valence-electron chi connectivity index (χ4n) is 2.96. The van der Waals surface area contributed by atoms with E-state index >= 15 is 0 Å². The van der Waals surface area contributed by atoms with Crippen LogP contribution in [0, 0.1) is 10.8 Å². The second-order valence-corrected chi connectivity index (χ2v) is 16.2. The number of amides is 2. The van der Waals surface area contributed by atoms with Crippen LogP contribution in [-0.4, -0.2) is 110 Å². The molecule has 0 aromatic rings. The van der Waals surface area contributed by atoms with Crippen molar-refractivity contribution in [2.24, 2.45) is 10.7 Å². The van der Waals surface area contributed by atoms with Crippen LogP contribution in [-0.2, 0) is 33.4 Å². The fraction of sp³-hybridized carbons (Fsp3) is 0.836. The summed E-state index contributed by atoms with van der Waals surface area (Å²) >= 11 is 14.2. The summed E-state index contributed by atoms with van der Waals surface area (Å²) in [5.41, 5.74) is 5.33. The number of ether oxygens (including phenoxy) is 3. The zero-order valence-corrected chi connectivity index (χ0v) is 47.2. The molecule has 0 saturated carbocycles. The van der Waals surface area contributed by atoms with Gasteiger partial charge >= 0.3 is 5.97 Å². The third kappa shape index (κ3) is 175. The van der Waals surface area contributed by atoms with E-state index in [0.29, 0.717) is 35.3 Å². The Morgan fingerprint density at radius 2 is 0.822 bits per heavy atom. The molecule has 0 radical (unpaired) electrons. The summed E-state index contributed by atoms with van der Waals surface area (Å²) in [4.78, 5) is 44.9. The third-order valence-corrected chi connectivity index (χ3v) is 9.57. The van der Waals surface area contributed by atoms with Crippen molar-refractivity contribution in [3.8, 4) is 0 Å². The fourth-order valence-corrected chi connectivity index (χ4v) is 4.59. The highest BCUT2D eigenvalue weighted by Gasteiger charge is 1.94. The van der Waals surface area contributed by atoms with Gasteiger partial charge < -0.3 is 30.6 Å². The first kappa shape index (κ1) is 129. The number of thioether (sulfide) groups is 3. The molecule has 13 nitrogen and oxygen atoms in total. The van der Waals surface area contributed by atoms with Gasteiger partial charge in [-0.2, -0.15) is 0 Å². The van der Waals surface area contributed by atoms with Crippen LogP contribution in [0.5, 0.6) is 0 Å². The lowest BCUT2D eigenvalue weighted by molar-refractivity contribution is -0.140. The van der Waals surface area contributed by atoms with Gasteiger partial charge in [-0.05, 0) is 88.8 Å². The zero-order chi connectivity index (χ0) is 51.3. The minimum absolute atomic E-state index is 0. The molecule has 0 aromatic heterocycles. The van der Waals surface area contributed by atoms with Crippen LogP contribution in [0.2, 0.25) is 0 Å². The molecule has 0 spiro atoms. The first-order chi connectivity index (χ1) is 29.8. The highest BCUT2D eigenvalue weighted by Crippen LogP contribution is 2.04. The quantitative estimate of drug-likeness (QED) is 0.0375. The molecular formula is C55H136N6O7S5. The van der Waals surface area contributed by atoms with Gasteiger partial charge in [0.05, 0.1) is 32.2 Å². The van der Waals surface area contributed by atoms with E-state index < -0.39 is 0 Å². The summed E-state index contributed by atoms with van der Waals surface area (Å²) in [5.74, 6) is 1.26. The lowest BCUT2D eigenvalue weighted by atomic mass is 10.3. The number of hydrogen-bond acceptors (Lipinski definition) is 15. The van der Waals surface area contributed by atoms with Crippen LogP contribution in [0.4, 0.5) is 0 Å². The smallest absolute Gasteiger partial charge is 0.305 e. The van der Waals surface area contributed by atoms with Crippen molar-refractivity contribution in [3.05, 3.63) is 0 Å². The first-order valence-electron chi connectivity index (χ1n) is 21.9. The number of nitrogens with two attached hydrogens (primary N) is 1. The van der Waals surface area contributed by atoms with E-state index in [0.717, 1.165) is 105 Å². The summed E-state index contributed by atoms with van der Waals surface area (Å²) < 4.78 is 14.8. The number of carbonyl (C=O) groups excluding carboxylic acids is 4. The molecule has 0 rings (SSSR count). The Labute approximate surface area is 484 Å². The number of thiocarbonyl (C=S) groups is 2. The van der Waals surface area contributed by atoms with E-state index in [-0.39, 0.29) is 92.1 Å². The summed E-state index contributed by atoms with van der Waals surface area (Å²) in [6, 6.07) is 0. The Balaban J connectivity index is -0.0000000260. The van der Waals surface area contributed by atoms with Crippen LogP contribution in [0.1, 0.15) is 252 Å². The van der Waals surface area contributed by atoms with Crippen molar-refractivity contribution in [2.75, 3.05) is 61.2 Å². The van der Waals surface area contributed by atoms with Crippen LogP contribution in [0.15, 0.2) is 4.99 Å². The van der Waals surface area contributed by atoms with Gasteiger partial charge in [0.15, 0.2) is 16.1 Å². The van der Waals surface area contributed by atoms with E-state index in [1.165, 1.54) is 44.2 Å². The summed E-state index contributed by atoms with van der Waals surface area (Å²) in [6.07, 6.45) is 22.1. The number of rotatable bonds is 18. The van der Waals surface area contributed by atoms with Crippen molar-refractivity contribution < 1.29 is 33.4 Å². The number of nitrogens with one attached hydrogen (secondary N) is 4. The number of aliphatic imine (C=N–C) groups is 1. The Morgan fingerprint density at radius 1 is 0.479 bits per heavy atom. The Hall–Kier alpha value is -2.28. The van der Waals surface area contributed by atoms with E-state index in [1.807, 2.05) is 53.4 Å². The van der Waals surface area contributed by atoms with Gasteiger partial charge in [0.1, 0.15) is 0 Å². The highest BCUT2D eigenvalue weighted by molar-refractivity contribution is 8.22. The second kappa shape index (κ2) is 123. The maximum Gasteiger partial charge on any atom is 0.305 e. The minimum atomic E-state index is -0.123. The Bertz CT molecular complexity index is 876. The number of nitrogens with zero attached hydrogens (tertiary/aromatic N) is 1. The van der Waals surface area contributed by atoms with E-state index in [4.69, 9.17) is 45.7 Å². The molecule has 0 bridgehead atoms. The zero-order valence-electron chi connectivity index (χ0n) is 43.2. The molecule has 0 aliphatic rings. The molecule has 0 aliphatic heterocycles. The second-order valence-electron chi connectivity index (χ2n) is 12.4. The molecule has 0 aliphatic carbocycles. The number of methoxy groups -OCH3 is 3. The number of hydrogen-bond donors (Lipinski definition) is 5. The van der Waals surface area contributed by atoms with Gasteiger partial charge in [-0.3, -0.25) is 35.0 Å². The Kier molecular flexibility index (Phi) is 217. The molecule has 0 unspecified atom stereocenters. The average Bonchev–Trinajstić information content (AvgIpc) is 3.28. The van der Waals surface area contributed by atoms with E-state index in [1.54, 1.807) is 40.0 Å². The van der Waals surface area contributed by atoms with Crippen molar-refractivity contribution >= 4 is 109 Å². The largest absolute Gasteiger partial charge is 0.490 e. The van der Waals surface area contributed by atoms with E-state index in [2.05, 4.69) is 52.8 Å². The standard InChI is InChI=1S/C5H12N2.3C5H11NO.C5H11NS.C5H10O2.2C5H10OS.C5H10S2.10CH4/c2*1-3-4-5(6)7-2;2*1-3-4-5(7)6-2;3*1-3-4-5(6)7-2;1-3-4-5(7)6-2;1-3-4-5(6)7-2;;;;;;;;;;/h3-4H2,1-2H3,(H2,6,7);6H,3-4H2,1-2H3;2*3-4H2,1-2H3,(H,6,7);6H,3-4H2,1-2H3;4*3-4H2,1-2H3;10*1H4. The van der Waals surface area contributed by atoms with Crippen molar-refractivity contribution in [2.45, 2.75) is 252 Å². The normalized spacial score (nSPS) is 7.67.